The van der Waals surface area contributed by atoms with E-state index in [9.17, 15) is 10.1 Å². The number of aromatic amines is 1. The van der Waals surface area contributed by atoms with Crippen LogP contribution in [0, 0.1) is 18.3 Å². The Hall–Kier alpha value is -3.67. The van der Waals surface area contributed by atoms with Gasteiger partial charge in [0.25, 0.3) is 0 Å². The third-order valence-electron chi connectivity index (χ3n) is 5.68. The number of hydrogen-bond donors (Lipinski definition) is 2. The molecule has 2 N–H and O–H groups in total. The maximum Gasteiger partial charge on any atom is 0.246 e. The van der Waals surface area contributed by atoms with Gasteiger partial charge in [0, 0.05) is 58.4 Å². The van der Waals surface area contributed by atoms with Crippen LogP contribution in [0.25, 0.3) is 27.2 Å². The van der Waals surface area contributed by atoms with Gasteiger partial charge in [-0.25, -0.2) is 4.98 Å². The summed E-state index contributed by atoms with van der Waals surface area (Å²) in [5, 5.41) is 15.1. The van der Waals surface area contributed by atoms with E-state index < -0.39 is 0 Å². The van der Waals surface area contributed by atoms with Crippen LogP contribution in [0.1, 0.15) is 16.0 Å². The lowest BCUT2D eigenvalue weighted by molar-refractivity contribution is -0.129. The van der Waals surface area contributed by atoms with Crippen molar-refractivity contribution >= 4 is 55.8 Å². The average Bonchev–Trinajstić information content (AvgIpc) is 3.47. The van der Waals surface area contributed by atoms with Crippen molar-refractivity contribution in [1.29, 1.82) is 5.26 Å². The molecule has 0 atom stereocenters. The molecule has 4 heterocycles. The molecule has 0 saturated carbocycles. The molecule has 0 aliphatic carbocycles. The summed E-state index contributed by atoms with van der Waals surface area (Å²) >= 11 is 1.49. The Labute approximate surface area is 188 Å². The lowest BCUT2D eigenvalue weighted by Crippen LogP contribution is -2.39. The van der Waals surface area contributed by atoms with E-state index in [4.69, 9.17) is 4.74 Å². The molecule has 160 valence electrons. The number of ether oxygens (including phenoxy) is 1. The van der Waals surface area contributed by atoms with Crippen molar-refractivity contribution in [3.05, 3.63) is 58.7 Å². The Morgan fingerprint density at radius 3 is 2.97 bits per heavy atom. The van der Waals surface area contributed by atoms with E-state index in [-0.39, 0.29) is 5.91 Å². The SMILES string of the molecule is Cc1c(Nc2c(C#N)cnc3sc(C=CC(=O)N4CCOCC4)cc23)ccc2[nH]ccc12. The summed E-state index contributed by atoms with van der Waals surface area (Å²) in [5.41, 5.74) is 4.31. The summed E-state index contributed by atoms with van der Waals surface area (Å²) in [6.45, 7) is 4.43. The number of hydrogen-bond acceptors (Lipinski definition) is 6. The number of pyridine rings is 1. The monoisotopic (exact) mass is 443 g/mol. The Bertz CT molecular complexity index is 1390. The van der Waals surface area contributed by atoms with E-state index in [1.54, 1.807) is 17.2 Å². The van der Waals surface area contributed by atoms with Gasteiger partial charge in [0.15, 0.2) is 0 Å². The predicted molar refractivity (Wildman–Crippen MR) is 127 cm³/mol. The second-order valence-electron chi connectivity index (χ2n) is 7.60. The first-order valence-corrected chi connectivity index (χ1v) is 11.2. The Kier molecular flexibility index (Phi) is 5.35. The second-order valence-corrected chi connectivity index (χ2v) is 8.66. The van der Waals surface area contributed by atoms with E-state index in [0.717, 1.165) is 42.9 Å². The summed E-state index contributed by atoms with van der Waals surface area (Å²) in [6, 6.07) is 10.3. The first-order valence-electron chi connectivity index (χ1n) is 10.3. The topological polar surface area (TPSA) is 94.0 Å². The Morgan fingerprint density at radius 1 is 1.31 bits per heavy atom. The highest BCUT2D eigenvalue weighted by molar-refractivity contribution is 7.19. The molecule has 4 aromatic rings. The number of nitrogens with zero attached hydrogens (tertiary/aromatic N) is 3. The molecular formula is C24H21N5O2S. The minimum absolute atomic E-state index is 0.0230. The van der Waals surface area contributed by atoms with Crippen LogP contribution in [0.3, 0.4) is 0 Å². The summed E-state index contributed by atoms with van der Waals surface area (Å²) in [5.74, 6) is -0.0230. The van der Waals surface area contributed by atoms with Gasteiger partial charge in [-0.15, -0.1) is 11.3 Å². The molecule has 1 aromatic carbocycles. The van der Waals surface area contributed by atoms with E-state index >= 15 is 0 Å². The fourth-order valence-electron chi connectivity index (χ4n) is 3.91. The van der Waals surface area contributed by atoms with Crippen molar-refractivity contribution in [2.75, 3.05) is 31.6 Å². The first kappa shape index (κ1) is 20.2. The lowest BCUT2D eigenvalue weighted by Gasteiger charge is -2.25. The van der Waals surface area contributed by atoms with Crippen molar-refractivity contribution in [3.8, 4) is 6.07 Å². The molecule has 0 radical (unpaired) electrons. The minimum Gasteiger partial charge on any atom is -0.378 e. The number of benzene rings is 1. The van der Waals surface area contributed by atoms with Crippen molar-refractivity contribution in [1.82, 2.24) is 14.9 Å². The number of nitrogens with one attached hydrogen (secondary N) is 2. The number of carbonyl (C=O) groups is 1. The van der Waals surface area contributed by atoms with Gasteiger partial charge in [-0.3, -0.25) is 4.79 Å². The number of morpholine rings is 1. The molecule has 32 heavy (non-hydrogen) atoms. The second kappa shape index (κ2) is 8.46. The van der Waals surface area contributed by atoms with Crippen molar-refractivity contribution in [2.24, 2.45) is 0 Å². The van der Waals surface area contributed by atoms with Gasteiger partial charge in [0.05, 0.1) is 24.5 Å². The van der Waals surface area contributed by atoms with E-state index in [1.807, 2.05) is 36.5 Å². The third-order valence-corrected chi connectivity index (χ3v) is 6.69. The number of rotatable bonds is 4. The molecule has 0 bridgehead atoms. The van der Waals surface area contributed by atoms with Crippen molar-refractivity contribution in [3.63, 3.8) is 0 Å². The highest BCUT2D eigenvalue weighted by atomic mass is 32.1. The maximum atomic E-state index is 12.4. The standard InChI is InChI=1S/C24H21N5O2S/c1-15-18-6-7-26-21(18)4-3-20(15)28-23-16(13-25)14-27-24-19(23)12-17(32-24)2-5-22(30)29-8-10-31-11-9-29/h2-7,12,14,26H,8-11H2,1H3,(H,27,28). The summed E-state index contributed by atoms with van der Waals surface area (Å²) in [6.07, 6.45) is 6.93. The molecule has 1 saturated heterocycles. The highest BCUT2D eigenvalue weighted by Gasteiger charge is 2.16. The molecule has 0 unspecified atom stereocenters. The number of anilines is 2. The summed E-state index contributed by atoms with van der Waals surface area (Å²) in [4.78, 5) is 23.6. The van der Waals surface area contributed by atoms with Gasteiger partial charge < -0.3 is 19.9 Å². The number of fused-ring (bicyclic) bond motifs is 2. The minimum atomic E-state index is -0.0230. The van der Waals surface area contributed by atoms with Crippen LogP contribution >= 0.6 is 11.3 Å². The summed E-state index contributed by atoms with van der Waals surface area (Å²) in [7, 11) is 0. The third kappa shape index (κ3) is 3.73. The zero-order valence-corrected chi connectivity index (χ0v) is 18.3. The van der Waals surface area contributed by atoms with E-state index in [1.165, 1.54) is 11.3 Å². The van der Waals surface area contributed by atoms with Gasteiger partial charge in [-0.2, -0.15) is 5.26 Å². The quantitative estimate of drug-likeness (QED) is 0.451. The normalized spacial score (nSPS) is 14.3. The highest BCUT2D eigenvalue weighted by Crippen LogP contribution is 2.36. The zero-order chi connectivity index (χ0) is 22.1. The number of aryl methyl sites for hydroxylation is 1. The zero-order valence-electron chi connectivity index (χ0n) is 17.5. The molecule has 8 heteroatoms. The number of nitriles is 1. The van der Waals surface area contributed by atoms with Crippen LogP contribution in [-0.2, 0) is 9.53 Å². The number of thiophene rings is 1. The van der Waals surface area contributed by atoms with Gasteiger partial charge in [0.2, 0.25) is 5.91 Å². The van der Waals surface area contributed by atoms with Crippen molar-refractivity contribution < 1.29 is 9.53 Å². The number of carbonyl (C=O) groups excluding carboxylic acids is 1. The van der Waals surface area contributed by atoms with E-state index in [2.05, 4.69) is 28.3 Å². The maximum absolute atomic E-state index is 12.4. The van der Waals surface area contributed by atoms with Crippen LogP contribution in [0.15, 0.2) is 42.7 Å². The Morgan fingerprint density at radius 2 is 2.16 bits per heavy atom. The largest absolute Gasteiger partial charge is 0.378 e. The number of amides is 1. The van der Waals surface area contributed by atoms with Crippen LogP contribution in [-0.4, -0.2) is 47.1 Å². The molecule has 1 fully saturated rings. The molecule has 3 aromatic heterocycles. The van der Waals surface area contributed by atoms with Crippen LogP contribution in [0.4, 0.5) is 11.4 Å². The predicted octanol–water partition coefficient (Wildman–Crippen LogP) is 4.57. The molecule has 1 aliphatic heterocycles. The average molecular weight is 444 g/mol. The van der Waals surface area contributed by atoms with Crippen LogP contribution in [0.5, 0.6) is 0 Å². The fraction of sp³-hybridized carbons (Fsp3) is 0.208. The van der Waals surface area contributed by atoms with Crippen molar-refractivity contribution in [2.45, 2.75) is 6.92 Å². The number of H-pyrrole nitrogens is 1. The number of aromatic nitrogens is 2. The lowest BCUT2D eigenvalue weighted by atomic mass is 10.1. The summed E-state index contributed by atoms with van der Waals surface area (Å²) < 4.78 is 5.30. The van der Waals surface area contributed by atoms with E-state index in [0.29, 0.717) is 31.9 Å². The fourth-order valence-corrected chi connectivity index (χ4v) is 4.82. The van der Waals surface area contributed by atoms with Gasteiger partial charge >= 0.3 is 0 Å². The molecule has 1 aliphatic rings. The van der Waals surface area contributed by atoms with Crippen LogP contribution < -0.4 is 5.32 Å². The van der Waals surface area contributed by atoms with Gasteiger partial charge in [0.1, 0.15) is 10.9 Å². The van der Waals surface area contributed by atoms with Crippen LogP contribution in [0.2, 0.25) is 0 Å². The van der Waals surface area contributed by atoms with Gasteiger partial charge in [-0.1, -0.05) is 0 Å². The molecule has 0 spiro atoms. The van der Waals surface area contributed by atoms with Gasteiger partial charge in [-0.05, 0) is 42.8 Å². The smallest absolute Gasteiger partial charge is 0.246 e. The molecule has 7 nitrogen and oxygen atoms in total. The molecule has 1 amide bonds. The molecule has 5 rings (SSSR count). The first-order chi connectivity index (χ1) is 15.6. The Balaban J connectivity index is 1.48. The molecular weight excluding hydrogens is 422 g/mol.